The van der Waals surface area contributed by atoms with Crippen LogP contribution in [0.5, 0.6) is 0 Å². The zero-order chi connectivity index (χ0) is 16.1. The molecular formula is C15H23N5O2S. The molecule has 7 nitrogen and oxygen atoms in total. The minimum Gasteiger partial charge on any atom is -0.376 e. The Hall–Kier alpha value is -1.38. The van der Waals surface area contributed by atoms with Crippen LogP contribution in [-0.4, -0.2) is 39.7 Å². The second-order valence-electron chi connectivity index (χ2n) is 5.60. The molecule has 0 aromatic carbocycles. The lowest BCUT2D eigenvalue weighted by Crippen LogP contribution is -2.20. The summed E-state index contributed by atoms with van der Waals surface area (Å²) in [6, 6.07) is 2.00. The monoisotopic (exact) mass is 337 g/mol. The number of nitrogens with zero attached hydrogens (tertiary/aromatic N) is 4. The van der Waals surface area contributed by atoms with Crippen molar-refractivity contribution in [2.24, 2.45) is 0 Å². The predicted molar refractivity (Wildman–Crippen MR) is 87.2 cm³/mol. The Morgan fingerprint density at radius 2 is 2.35 bits per heavy atom. The van der Waals surface area contributed by atoms with E-state index in [4.69, 9.17) is 9.26 Å². The van der Waals surface area contributed by atoms with E-state index in [1.165, 1.54) is 0 Å². The molecule has 1 aliphatic heterocycles. The third-order valence-corrected chi connectivity index (χ3v) is 4.84. The predicted octanol–water partition coefficient (Wildman–Crippen LogP) is 2.02. The van der Waals surface area contributed by atoms with Crippen molar-refractivity contribution in [1.82, 2.24) is 25.2 Å². The van der Waals surface area contributed by atoms with Gasteiger partial charge >= 0.3 is 0 Å². The summed E-state index contributed by atoms with van der Waals surface area (Å²) in [6.45, 7) is 4.43. The zero-order valence-electron chi connectivity index (χ0n) is 13.6. The Morgan fingerprint density at radius 3 is 3.04 bits per heavy atom. The van der Waals surface area contributed by atoms with Crippen LogP contribution in [0.25, 0.3) is 0 Å². The van der Waals surface area contributed by atoms with Crippen molar-refractivity contribution in [2.75, 3.05) is 13.7 Å². The number of ether oxygens (including phenoxy) is 1. The lowest BCUT2D eigenvalue weighted by molar-refractivity contribution is 0.0941. The standard InChI is InChI=1S/C15H23N5O2S/c1-3-11-7-13(22-19-11)10-23-15-18-17-14(8-16-2)20(15)9-12-5-4-6-21-12/h7,12,16H,3-6,8-10H2,1-2H3/t12-/m0/s1. The van der Waals surface area contributed by atoms with Crippen LogP contribution in [0.1, 0.15) is 37.0 Å². The van der Waals surface area contributed by atoms with Crippen molar-refractivity contribution >= 4 is 11.8 Å². The minimum absolute atomic E-state index is 0.262. The fourth-order valence-corrected chi connectivity index (χ4v) is 3.46. The number of hydrogen-bond acceptors (Lipinski definition) is 7. The summed E-state index contributed by atoms with van der Waals surface area (Å²) in [5.74, 6) is 2.52. The Balaban J connectivity index is 1.69. The van der Waals surface area contributed by atoms with E-state index >= 15 is 0 Å². The van der Waals surface area contributed by atoms with Gasteiger partial charge in [0.1, 0.15) is 11.6 Å². The van der Waals surface area contributed by atoms with Gasteiger partial charge in [0, 0.05) is 12.7 Å². The van der Waals surface area contributed by atoms with Crippen LogP contribution in [-0.2, 0) is 30.0 Å². The van der Waals surface area contributed by atoms with E-state index in [-0.39, 0.29) is 6.10 Å². The summed E-state index contributed by atoms with van der Waals surface area (Å²) in [5.41, 5.74) is 0.984. The molecule has 0 radical (unpaired) electrons. The SMILES string of the molecule is CCc1cc(CSc2nnc(CNC)n2C[C@@H]2CCCO2)on1. The highest BCUT2D eigenvalue weighted by atomic mass is 32.2. The first-order chi connectivity index (χ1) is 11.3. The smallest absolute Gasteiger partial charge is 0.191 e. The molecule has 8 heteroatoms. The highest BCUT2D eigenvalue weighted by molar-refractivity contribution is 7.98. The van der Waals surface area contributed by atoms with Gasteiger partial charge in [0.15, 0.2) is 5.16 Å². The summed E-state index contributed by atoms with van der Waals surface area (Å²) in [5, 5.41) is 16.7. The van der Waals surface area contributed by atoms with Gasteiger partial charge in [-0.2, -0.15) is 0 Å². The van der Waals surface area contributed by atoms with E-state index in [1.807, 2.05) is 13.1 Å². The molecule has 0 aliphatic carbocycles. The first-order valence-electron chi connectivity index (χ1n) is 8.05. The molecule has 2 aromatic rings. The molecule has 1 atom stereocenters. The van der Waals surface area contributed by atoms with Crippen molar-refractivity contribution in [3.63, 3.8) is 0 Å². The number of aryl methyl sites for hydroxylation is 1. The largest absolute Gasteiger partial charge is 0.376 e. The zero-order valence-corrected chi connectivity index (χ0v) is 14.4. The van der Waals surface area contributed by atoms with Crippen LogP contribution in [0.2, 0.25) is 0 Å². The van der Waals surface area contributed by atoms with Crippen molar-refractivity contribution in [3.05, 3.63) is 23.3 Å². The first kappa shape index (κ1) is 16.5. The van der Waals surface area contributed by atoms with Crippen molar-refractivity contribution in [2.45, 2.75) is 56.3 Å². The Morgan fingerprint density at radius 1 is 1.43 bits per heavy atom. The van der Waals surface area contributed by atoms with Gasteiger partial charge in [0.2, 0.25) is 0 Å². The molecule has 0 spiro atoms. The molecular weight excluding hydrogens is 314 g/mol. The fraction of sp³-hybridized carbons (Fsp3) is 0.667. The molecule has 0 bridgehead atoms. The molecule has 1 saturated heterocycles. The molecule has 0 saturated carbocycles. The molecule has 23 heavy (non-hydrogen) atoms. The van der Waals surface area contributed by atoms with Gasteiger partial charge in [-0.25, -0.2) is 0 Å². The van der Waals surface area contributed by atoms with E-state index in [2.05, 4.69) is 32.2 Å². The number of hydrogen-bond donors (Lipinski definition) is 1. The molecule has 1 aliphatic rings. The molecule has 1 fully saturated rings. The highest BCUT2D eigenvalue weighted by Crippen LogP contribution is 2.24. The number of nitrogens with one attached hydrogen (secondary N) is 1. The molecule has 3 rings (SSSR count). The van der Waals surface area contributed by atoms with Gasteiger partial charge in [-0.1, -0.05) is 23.8 Å². The van der Waals surface area contributed by atoms with Crippen LogP contribution in [0, 0.1) is 0 Å². The molecule has 2 aromatic heterocycles. The average molecular weight is 337 g/mol. The van der Waals surface area contributed by atoms with Crippen LogP contribution in [0.4, 0.5) is 0 Å². The van der Waals surface area contributed by atoms with Crippen molar-refractivity contribution in [1.29, 1.82) is 0 Å². The van der Waals surface area contributed by atoms with Crippen LogP contribution >= 0.6 is 11.8 Å². The molecule has 0 unspecified atom stereocenters. The third-order valence-electron chi connectivity index (χ3n) is 3.85. The van der Waals surface area contributed by atoms with Gasteiger partial charge in [-0.3, -0.25) is 0 Å². The number of aromatic nitrogens is 4. The normalized spacial score (nSPS) is 17.9. The summed E-state index contributed by atoms with van der Waals surface area (Å²) in [7, 11) is 1.92. The van der Waals surface area contributed by atoms with E-state index in [1.54, 1.807) is 11.8 Å². The van der Waals surface area contributed by atoms with E-state index in [0.29, 0.717) is 12.3 Å². The molecule has 3 heterocycles. The van der Waals surface area contributed by atoms with E-state index in [0.717, 1.165) is 54.8 Å². The fourth-order valence-electron chi connectivity index (χ4n) is 2.62. The van der Waals surface area contributed by atoms with Gasteiger partial charge in [0.25, 0.3) is 0 Å². The average Bonchev–Trinajstić information content (AvgIpc) is 3.29. The summed E-state index contributed by atoms with van der Waals surface area (Å²) in [4.78, 5) is 0. The molecule has 1 N–H and O–H groups in total. The summed E-state index contributed by atoms with van der Waals surface area (Å²) in [6.07, 6.45) is 3.38. The van der Waals surface area contributed by atoms with Crippen LogP contribution in [0.15, 0.2) is 15.7 Å². The second-order valence-corrected chi connectivity index (χ2v) is 6.54. The van der Waals surface area contributed by atoms with Gasteiger partial charge < -0.3 is 19.1 Å². The Bertz CT molecular complexity index is 621. The quantitative estimate of drug-likeness (QED) is 0.738. The molecule has 0 amide bonds. The van der Waals surface area contributed by atoms with E-state index < -0.39 is 0 Å². The topological polar surface area (TPSA) is 78.0 Å². The maximum atomic E-state index is 5.76. The number of rotatable bonds is 8. The van der Waals surface area contributed by atoms with Crippen LogP contribution < -0.4 is 5.32 Å². The van der Waals surface area contributed by atoms with Gasteiger partial charge in [-0.15, -0.1) is 10.2 Å². The van der Waals surface area contributed by atoms with Crippen molar-refractivity contribution in [3.8, 4) is 0 Å². The lowest BCUT2D eigenvalue weighted by atomic mass is 10.2. The van der Waals surface area contributed by atoms with E-state index in [9.17, 15) is 0 Å². The molecule has 126 valence electrons. The highest BCUT2D eigenvalue weighted by Gasteiger charge is 2.21. The first-order valence-corrected chi connectivity index (χ1v) is 9.04. The summed E-state index contributed by atoms with van der Waals surface area (Å²) < 4.78 is 13.3. The second kappa shape index (κ2) is 7.94. The third kappa shape index (κ3) is 4.13. The van der Waals surface area contributed by atoms with Crippen LogP contribution in [0.3, 0.4) is 0 Å². The van der Waals surface area contributed by atoms with Crippen molar-refractivity contribution < 1.29 is 9.26 Å². The minimum atomic E-state index is 0.262. The Kier molecular flexibility index (Phi) is 5.69. The Labute approximate surface area is 140 Å². The maximum Gasteiger partial charge on any atom is 0.191 e. The van der Waals surface area contributed by atoms with Gasteiger partial charge in [0.05, 0.1) is 30.6 Å². The lowest BCUT2D eigenvalue weighted by Gasteiger charge is -2.14. The maximum absolute atomic E-state index is 5.76. The van der Waals surface area contributed by atoms with Gasteiger partial charge in [-0.05, 0) is 26.3 Å². The summed E-state index contributed by atoms with van der Waals surface area (Å²) >= 11 is 1.63. The number of thioether (sulfide) groups is 1.